The van der Waals surface area contributed by atoms with Crippen LogP contribution < -0.4 is 0 Å². The first-order chi connectivity index (χ1) is 8.90. The number of azide groups is 1. The summed E-state index contributed by atoms with van der Waals surface area (Å²) < 4.78 is 0. The van der Waals surface area contributed by atoms with E-state index in [2.05, 4.69) is 22.2 Å². The zero-order chi connectivity index (χ0) is 12.6. The van der Waals surface area contributed by atoms with Crippen molar-refractivity contribution in [3.05, 3.63) is 88.3 Å². The third kappa shape index (κ3) is 3.24. The zero-order valence-corrected chi connectivity index (χ0v) is 9.90. The summed E-state index contributed by atoms with van der Waals surface area (Å²) >= 11 is 0. The normalized spacial score (nSPS) is 10.8. The van der Waals surface area contributed by atoms with Crippen LogP contribution >= 0.6 is 0 Å². The molecule has 0 aliphatic carbocycles. The van der Waals surface area contributed by atoms with Gasteiger partial charge in [-0.1, -0.05) is 71.9 Å². The molecule has 3 nitrogen and oxygen atoms in total. The molecule has 3 heteroatoms. The molecule has 2 aromatic rings. The first kappa shape index (κ1) is 12.0. The van der Waals surface area contributed by atoms with Crippen LogP contribution in [0.2, 0.25) is 0 Å². The van der Waals surface area contributed by atoms with Crippen molar-refractivity contribution in [1.82, 2.24) is 0 Å². The largest absolute Gasteiger partial charge is 0.0700 e. The van der Waals surface area contributed by atoms with Crippen LogP contribution in [0.25, 0.3) is 16.1 Å². The van der Waals surface area contributed by atoms with E-state index >= 15 is 0 Å². The second-order valence-electron chi connectivity index (χ2n) is 3.83. The van der Waals surface area contributed by atoms with Crippen molar-refractivity contribution in [1.29, 1.82) is 0 Å². The first-order valence-corrected chi connectivity index (χ1v) is 5.75. The maximum atomic E-state index is 8.61. The number of benzene rings is 2. The summed E-state index contributed by atoms with van der Waals surface area (Å²) in [6.07, 6.45) is 2.70. The highest BCUT2D eigenvalue weighted by Gasteiger charge is 1.97. The minimum Gasteiger partial charge on any atom is -0.0700 e. The van der Waals surface area contributed by atoms with Gasteiger partial charge in [-0.3, -0.25) is 0 Å². The molecular weight excluding hydrogens is 222 g/mol. The lowest BCUT2D eigenvalue weighted by Gasteiger charge is -2.01. The summed E-state index contributed by atoms with van der Waals surface area (Å²) in [4.78, 5) is 2.88. The van der Waals surface area contributed by atoms with E-state index in [1.165, 1.54) is 5.56 Å². The highest BCUT2D eigenvalue weighted by atomic mass is 15.1. The minimum absolute atomic E-state index is 0.668. The van der Waals surface area contributed by atoms with E-state index in [1.807, 2.05) is 54.6 Å². The van der Waals surface area contributed by atoms with Crippen molar-refractivity contribution < 1.29 is 0 Å². The number of rotatable bonds is 4. The lowest BCUT2D eigenvalue weighted by molar-refractivity contribution is 1.26. The van der Waals surface area contributed by atoms with Crippen molar-refractivity contribution in [3.8, 4) is 0 Å². The standard InChI is InChI=1S/C15H13N3/c16-18-17-15(14-9-5-2-6-10-14)12-11-13-7-3-1-4-8-13/h1-10,12H,11H2/b15-12-. The van der Waals surface area contributed by atoms with Crippen molar-refractivity contribution in [2.45, 2.75) is 6.42 Å². The van der Waals surface area contributed by atoms with Gasteiger partial charge in [-0.25, -0.2) is 0 Å². The molecule has 88 valence electrons. The summed E-state index contributed by atoms with van der Waals surface area (Å²) in [6, 6.07) is 19.8. The average molecular weight is 235 g/mol. The van der Waals surface area contributed by atoms with Crippen molar-refractivity contribution in [2.75, 3.05) is 0 Å². The van der Waals surface area contributed by atoms with Crippen molar-refractivity contribution >= 4 is 5.70 Å². The predicted molar refractivity (Wildman–Crippen MR) is 73.7 cm³/mol. The Labute approximate surface area is 106 Å². The van der Waals surface area contributed by atoms with Crippen LogP contribution in [0.15, 0.2) is 71.9 Å². The van der Waals surface area contributed by atoms with E-state index in [-0.39, 0.29) is 0 Å². The van der Waals surface area contributed by atoms with Gasteiger partial charge >= 0.3 is 0 Å². The maximum Gasteiger partial charge on any atom is 0.0411 e. The molecule has 18 heavy (non-hydrogen) atoms. The molecule has 0 spiro atoms. The Morgan fingerprint density at radius 1 is 1.00 bits per heavy atom. The molecule has 0 unspecified atom stereocenters. The lowest BCUT2D eigenvalue weighted by Crippen LogP contribution is -1.84. The summed E-state index contributed by atoms with van der Waals surface area (Å²) in [5, 5.41) is 3.75. The second kappa shape index (κ2) is 6.28. The van der Waals surface area contributed by atoms with Gasteiger partial charge in [0.1, 0.15) is 0 Å². The van der Waals surface area contributed by atoms with Crippen LogP contribution in [-0.2, 0) is 6.42 Å². The smallest absolute Gasteiger partial charge is 0.0411 e. The van der Waals surface area contributed by atoms with Crippen LogP contribution in [0.3, 0.4) is 0 Å². The maximum absolute atomic E-state index is 8.61. The van der Waals surface area contributed by atoms with E-state index in [9.17, 15) is 0 Å². The highest BCUT2D eigenvalue weighted by molar-refractivity contribution is 5.64. The Morgan fingerprint density at radius 3 is 2.22 bits per heavy atom. The van der Waals surface area contributed by atoms with Gasteiger partial charge in [0.15, 0.2) is 0 Å². The van der Waals surface area contributed by atoms with E-state index < -0.39 is 0 Å². The molecule has 0 amide bonds. The van der Waals surface area contributed by atoms with Gasteiger partial charge in [0.2, 0.25) is 0 Å². The summed E-state index contributed by atoms with van der Waals surface area (Å²) in [5.74, 6) is 0. The van der Waals surface area contributed by atoms with Crippen molar-refractivity contribution in [2.24, 2.45) is 5.11 Å². The molecule has 0 aliphatic heterocycles. The number of hydrogen-bond donors (Lipinski definition) is 0. The van der Waals surface area contributed by atoms with Crippen molar-refractivity contribution in [3.63, 3.8) is 0 Å². The molecule has 0 fully saturated rings. The van der Waals surface area contributed by atoms with Gasteiger partial charge in [-0.05, 0) is 23.1 Å². The van der Waals surface area contributed by atoms with E-state index in [4.69, 9.17) is 5.53 Å². The van der Waals surface area contributed by atoms with Crippen LogP contribution in [-0.4, -0.2) is 0 Å². The topological polar surface area (TPSA) is 48.8 Å². The van der Waals surface area contributed by atoms with Crippen LogP contribution in [0.4, 0.5) is 0 Å². The predicted octanol–water partition coefficient (Wildman–Crippen LogP) is 4.58. The zero-order valence-electron chi connectivity index (χ0n) is 9.90. The molecule has 0 saturated carbocycles. The average Bonchev–Trinajstić information content (AvgIpc) is 2.45. The molecule has 0 atom stereocenters. The molecule has 2 rings (SSSR count). The molecule has 0 aromatic heterocycles. The van der Waals surface area contributed by atoms with Crippen LogP contribution in [0.5, 0.6) is 0 Å². The molecular formula is C15H13N3. The van der Waals surface area contributed by atoms with Gasteiger partial charge in [0.05, 0.1) is 0 Å². The quantitative estimate of drug-likeness (QED) is 0.423. The molecule has 2 aromatic carbocycles. The Bertz CT molecular complexity index is 567. The summed E-state index contributed by atoms with van der Waals surface area (Å²) in [6.45, 7) is 0. The first-order valence-electron chi connectivity index (χ1n) is 5.75. The monoisotopic (exact) mass is 235 g/mol. The van der Waals surface area contributed by atoms with E-state index in [0.29, 0.717) is 5.70 Å². The molecule has 0 bridgehead atoms. The molecule has 0 saturated heterocycles. The summed E-state index contributed by atoms with van der Waals surface area (Å²) in [5.41, 5.74) is 11.4. The van der Waals surface area contributed by atoms with E-state index in [1.54, 1.807) is 0 Å². The van der Waals surface area contributed by atoms with Gasteiger partial charge < -0.3 is 0 Å². The third-order valence-corrected chi connectivity index (χ3v) is 2.60. The SMILES string of the molecule is [N-]=[N+]=N/C(=C\Cc1ccccc1)c1ccccc1. The highest BCUT2D eigenvalue weighted by Crippen LogP contribution is 2.16. The fraction of sp³-hybridized carbons (Fsp3) is 0.0667. The fourth-order valence-corrected chi connectivity index (χ4v) is 1.70. The minimum atomic E-state index is 0.668. The van der Waals surface area contributed by atoms with Gasteiger partial charge in [-0.2, -0.15) is 0 Å². The Morgan fingerprint density at radius 2 is 1.61 bits per heavy atom. The second-order valence-corrected chi connectivity index (χ2v) is 3.83. The molecule has 0 aliphatic rings. The van der Waals surface area contributed by atoms with Gasteiger partial charge in [0, 0.05) is 10.6 Å². The van der Waals surface area contributed by atoms with Gasteiger partial charge in [0.25, 0.3) is 0 Å². The summed E-state index contributed by atoms with van der Waals surface area (Å²) in [7, 11) is 0. The number of nitrogens with zero attached hydrogens (tertiary/aromatic N) is 3. The van der Waals surface area contributed by atoms with Crippen LogP contribution in [0, 0.1) is 0 Å². The number of hydrogen-bond acceptors (Lipinski definition) is 1. The Hall–Kier alpha value is -2.51. The third-order valence-electron chi connectivity index (χ3n) is 2.60. The van der Waals surface area contributed by atoms with Gasteiger partial charge in [-0.15, -0.1) is 0 Å². The molecule has 0 radical (unpaired) electrons. The van der Waals surface area contributed by atoms with E-state index in [0.717, 1.165) is 12.0 Å². The Balaban J connectivity index is 2.24. The lowest BCUT2D eigenvalue weighted by atomic mass is 10.1. The molecule has 0 N–H and O–H groups in total. The Kier molecular flexibility index (Phi) is 4.17. The van der Waals surface area contributed by atoms with Crippen LogP contribution in [0.1, 0.15) is 11.1 Å². The number of allylic oxidation sites excluding steroid dienone is 1. The molecule has 0 heterocycles. The fourth-order valence-electron chi connectivity index (χ4n) is 1.70.